The van der Waals surface area contributed by atoms with E-state index in [0.717, 1.165) is 18.6 Å². The van der Waals surface area contributed by atoms with E-state index in [1.54, 1.807) is 26.1 Å². The minimum Gasteiger partial charge on any atom is -0.360 e. The summed E-state index contributed by atoms with van der Waals surface area (Å²) in [4.78, 5) is 32.0. The van der Waals surface area contributed by atoms with Gasteiger partial charge in [-0.3, -0.25) is 19.3 Å². The van der Waals surface area contributed by atoms with Gasteiger partial charge >= 0.3 is 0 Å². The van der Waals surface area contributed by atoms with E-state index in [1.807, 2.05) is 0 Å². The van der Waals surface area contributed by atoms with Crippen molar-refractivity contribution in [3.63, 3.8) is 0 Å². The van der Waals surface area contributed by atoms with Crippen LogP contribution < -0.4 is 10.9 Å². The number of rotatable bonds is 4. The molecule has 0 aromatic carbocycles. The van der Waals surface area contributed by atoms with Gasteiger partial charge in [0.15, 0.2) is 11.3 Å². The standard InChI is InChI=1S/C17H16N8O3/c1-8-5-13(19-16(27)11-6-12(28-23-11)9-3-4-9)25(22-8)17-20-14-10(15(26)21-17)7-18-24(14)2/h5-7,9H,3-4H2,1-2H3,(H,19,27)(H,20,21,26). The van der Waals surface area contributed by atoms with Gasteiger partial charge in [0, 0.05) is 25.1 Å². The zero-order chi connectivity index (χ0) is 19.4. The summed E-state index contributed by atoms with van der Waals surface area (Å²) in [5, 5.41) is 15.3. The van der Waals surface area contributed by atoms with E-state index in [2.05, 4.69) is 30.6 Å². The molecule has 1 fully saturated rings. The van der Waals surface area contributed by atoms with Crippen molar-refractivity contribution in [2.45, 2.75) is 25.7 Å². The van der Waals surface area contributed by atoms with Crippen molar-refractivity contribution in [2.75, 3.05) is 5.32 Å². The lowest BCUT2D eigenvalue weighted by Gasteiger charge is -2.07. The van der Waals surface area contributed by atoms with Gasteiger partial charge in [-0.15, -0.1) is 0 Å². The van der Waals surface area contributed by atoms with Gasteiger partial charge in [0.1, 0.15) is 17.0 Å². The van der Waals surface area contributed by atoms with Gasteiger partial charge in [-0.1, -0.05) is 5.16 Å². The number of anilines is 1. The number of H-pyrrole nitrogens is 1. The zero-order valence-corrected chi connectivity index (χ0v) is 15.1. The van der Waals surface area contributed by atoms with Crippen LogP contribution in [0.15, 0.2) is 27.6 Å². The van der Waals surface area contributed by atoms with E-state index >= 15 is 0 Å². The minimum absolute atomic E-state index is 0.170. The molecule has 4 aromatic heterocycles. The van der Waals surface area contributed by atoms with Crippen LogP contribution in [0.1, 0.15) is 40.7 Å². The fourth-order valence-corrected chi connectivity index (χ4v) is 3.01. The number of aryl methyl sites for hydroxylation is 2. The Balaban J connectivity index is 1.51. The number of aromatic nitrogens is 7. The summed E-state index contributed by atoms with van der Waals surface area (Å²) in [5.74, 6) is 1.18. The molecule has 0 bridgehead atoms. The third kappa shape index (κ3) is 2.68. The predicted molar refractivity (Wildman–Crippen MR) is 97.4 cm³/mol. The van der Waals surface area contributed by atoms with Crippen LogP contribution in [0.2, 0.25) is 0 Å². The van der Waals surface area contributed by atoms with Crippen molar-refractivity contribution in [3.8, 4) is 5.95 Å². The van der Waals surface area contributed by atoms with Gasteiger partial charge in [0.05, 0.1) is 11.9 Å². The average Bonchev–Trinajstić information content (AvgIpc) is 3.09. The molecule has 11 nitrogen and oxygen atoms in total. The normalized spacial score (nSPS) is 13.9. The van der Waals surface area contributed by atoms with Crippen LogP contribution in [0.4, 0.5) is 5.82 Å². The lowest BCUT2D eigenvalue weighted by molar-refractivity contribution is 0.101. The number of hydrogen-bond donors (Lipinski definition) is 2. The highest BCUT2D eigenvalue weighted by atomic mass is 16.5. The Labute approximate surface area is 157 Å². The fourth-order valence-electron chi connectivity index (χ4n) is 3.01. The average molecular weight is 380 g/mol. The second-order valence-corrected chi connectivity index (χ2v) is 6.82. The maximum Gasteiger partial charge on any atom is 0.279 e. The molecular formula is C17H16N8O3. The van der Waals surface area contributed by atoms with Crippen molar-refractivity contribution in [3.05, 3.63) is 45.8 Å². The fraction of sp³-hybridized carbons (Fsp3) is 0.294. The van der Waals surface area contributed by atoms with E-state index in [1.165, 1.54) is 15.6 Å². The molecule has 0 unspecified atom stereocenters. The summed E-state index contributed by atoms with van der Waals surface area (Å²) in [5.41, 5.74) is 0.900. The van der Waals surface area contributed by atoms with E-state index < -0.39 is 5.91 Å². The van der Waals surface area contributed by atoms with Gasteiger partial charge in [-0.05, 0) is 19.8 Å². The Morgan fingerprint density at radius 1 is 1.36 bits per heavy atom. The molecule has 0 aliphatic heterocycles. The third-order valence-corrected chi connectivity index (χ3v) is 4.60. The molecule has 4 aromatic rings. The molecule has 1 amide bonds. The number of carbonyl (C=O) groups is 1. The molecule has 1 saturated carbocycles. The molecule has 2 N–H and O–H groups in total. The number of amides is 1. The highest BCUT2D eigenvalue weighted by molar-refractivity contribution is 6.02. The maximum absolute atomic E-state index is 12.6. The number of nitrogens with zero attached hydrogens (tertiary/aromatic N) is 6. The molecule has 0 spiro atoms. The first kappa shape index (κ1) is 16.4. The molecule has 142 valence electrons. The molecule has 11 heteroatoms. The summed E-state index contributed by atoms with van der Waals surface area (Å²) >= 11 is 0. The quantitative estimate of drug-likeness (QED) is 0.544. The second-order valence-electron chi connectivity index (χ2n) is 6.82. The number of nitrogens with one attached hydrogen (secondary N) is 2. The lowest BCUT2D eigenvalue weighted by Crippen LogP contribution is -2.19. The van der Waals surface area contributed by atoms with Gasteiger partial charge in [0.25, 0.3) is 11.5 Å². The Hall–Kier alpha value is -3.76. The molecule has 0 saturated heterocycles. The van der Waals surface area contributed by atoms with Crippen molar-refractivity contribution in [1.29, 1.82) is 0 Å². The summed E-state index contributed by atoms with van der Waals surface area (Å²) in [7, 11) is 1.69. The van der Waals surface area contributed by atoms with Gasteiger partial charge in [0.2, 0.25) is 5.95 Å². The molecule has 1 aliphatic carbocycles. The Morgan fingerprint density at radius 2 is 2.18 bits per heavy atom. The van der Waals surface area contributed by atoms with Gasteiger partial charge < -0.3 is 9.84 Å². The maximum atomic E-state index is 12.6. The van der Waals surface area contributed by atoms with E-state index in [0.29, 0.717) is 28.5 Å². The van der Waals surface area contributed by atoms with Crippen LogP contribution in [0.25, 0.3) is 17.0 Å². The molecule has 4 heterocycles. The minimum atomic E-state index is -0.430. The second kappa shape index (κ2) is 5.87. The smallest absolute Gasteiger partial charge is 0.279 e. The summed E-state index contributed by atoms with van der Waals surface area (Å²) in [6.07, 6.45) is 3.56. The molecule has 0 radical (unpaired) electrons. The summed E-state index contributed by atoms with van der Waals surface area (Å²) < 4.78 is 8.09. The van der Waals surface area contributed by atoms with Crippen LogP contribution in [-0.2, 0) is 7.05 Å². The number of hydrogen-bond acceptors (Lipinski definition) is 7. The first-order valence-corrected chi connectivity index (χ1v) is 8.76. The first-order chi connectivity index (χ1) is 13.5. The molecule has 1 aliphatic rings. The van der Waals surface area contributed by atoms with Gasteiger partial charge in [-0.2, -0.15) is 19.9 Å². The monoisotopic (exact) mass is 380 g/mol. The van der Waals surface area contributed by atoms with Gasteiger partial charge in [-0.25, -0.2) is 0 Å². The Bertz CT molecular complexity index is 1270. The highest BCUT2D eigenvalue weighted by Gasteiger charge is 2.29. The van der Waals surface area contributed by atoms with Crippen molar-refractivity contribution < 1.29 is 9.32 Å². The van der Waals surface area contributed by atoms with Crippen molar-refractivity contribution in [2.24, 2.45) is 7.05 Å². The van der Waals surface area contributed by atoms with E-state index in [-0.39, 0.29) is 17.2 Å². The number of aromatic amines is 1. The van der Waals surface area contributed by atoms with Crippen LogP contribution in [0.5, 0.6) is 0 Å². The van der Waals surface area contributed by atoms with Crippen LogP contribution in [0, 0.1) is 6.92 Å². The van der Waals surface area contributed by atoms with Crippen molar-refractivity contribution >= 4 is 22.8 Å². The Morgan fingerprint density at radius 3 is 2.96 bits per heavy atom. The Kier molecular flexibility index (Phi) is 3.44. The molecule has 28 heavy (non-hydrogen) atoms. The topological polar surface area (TPSA) is 137 Å². The predicted octanol–water partition coefficient (Wildman–Crippen LogP) is 1.27. The van der Waals surface area contributed by atoms with E-state index in [4.69, 9.17) is 4.52 Å². The number of fused-ring (bicyclic) bond motifs is 1. The SMILES string of the molecule is Cc1cc(NC(=O)c2cc(C3CC3)on2)n(-c2nc3c(cnn3C)c(=O)[nH]2)n1. The largest absolute Gasteiger partial charge is 0.360 e. The van der Waals surface area contributed by atoms with Crippen molar-refractivity contribution in [1.82, 2.24) is 34.7 Å². The number of carbonyl (C=O) groups excluding carboxylic acids is 1. The zero-order valence-electron chi connectivity index (χ0n) is 15.1. The molecule has 5 rings (SSSR count). The lowest BCUT2D eigenvalue weighted by atomic mass is 10.3. The van der Waals surface area contributed by atoms with Crippen LogP contribution in [-0.4, -0.2) is 40.6 Å². The summed E-state index contributed by atoms with van der Waals surface area (Å²) in [6.45, 7) is 1.77. The first-order valence-electron chi connectivity index (χ1n) is 8.76. The van der Waals surface area contributed by atoms with Crippen LogP contribution >= 0.6 is 0 Å². The third-order valence-electron chi connectivity index (χ3n) is 4.60. The molecule has 0 atom stereocenters. The van der Waals surface area contributed by atoms with E-state index in [9.17, 15) is 9.59 Å². The summed E-state index contributed by atoms with van der Waals surface area (Å²) in [6, 6.07) is 3.33. The molecular weight excluding hydrogens is 364 g/mol. The van der Waals surface area contributed by atoms with Crippen LogP contribution in [0.3, 0.4) is 0 Å². The highest BCUT2D eigenvalue weighted by Crippen LogP contribution is 2.40.